The molecule has 4 aliphatic rings. The minimum absolute atomic E-state index is 0.0271. The van der Waals surface area contributed by atoms with Gasteiger partial charge >= 0.3 is 6.03 Å². The van der Waals surface area contributed by atoms with Gasteiger partial charge in [0.1, 0.15) is 6.04 Å². The quantitative estimate of drug-likeness (QED) is 0.762. The fraction of sp³-hybridized carbons (Fsp3) is 0.545. The molecule has 158 valence electrons. The van der Waals surface area contributed by atoms with Crippen molar-refractivity contribution in [1.29, 1.82) is 0 Å². The van der Waals surface area contributed by atoms with Crippen molar-refractivity contribution in [2.45, 2.75) is 44.2 Å². The molecule has 4 aliphatic heterocycles. The summed E-state index contributed by atoms with van der Waals surface area (Å²) in [5.74, 6) is 0.358. The van der Waals surface area contributed by atoms with Crippen LogP contribution in [0.25, 0.3) is 0 Å². The molecule has 2 bridgehead atoms. The Kier molecular flexibility index (Phi) is 4.72. The van der Waals surface area contributed by atoms with E-state index in [9.17, 15) is 19.2 Å². The molecule has 1 aromatic carbocycles. The molecule has 4 atom stereocenters. The van der Waals surface area contributed by atoms with Gasteiger partial charge in [-0.2, -0.15) is 0 Å². The van der Waals surface area contributed by atoms with E-state index in [0.29, 0.717) is 37.0 Å². The Hall–Kier alpha value is -2.90. The van der Waals surface area contributed by atoms with Crippen LogP contribution in [0.2, 0.25) is 0 Å². The van der Waals surface area contributed by atoms with Crippen LogP contribution in [0.4, 0.5) is 10.5 Å². The van der Waals surface area contributed by atoms with E-state index >= 15 is 0 Å². The predicted molar refractivity (Wildman–Crippen MR) is 108 cm³/mol. The first-order chi connectivity index (χ1) is 14.5. The number of piperidine rings is 3. The van der Waals surface area contributed by atoms with Gasteiger partial charge in [-0.05, 0) is 43.2 Å². The van der Waals surface area contributed by atoms with E-state index in [1.165, 1.54) is 0 Å². The molecule has 4 saturated heterocycles. The molecule has 0 radical (unpaired) electrons. The number of carbonyl (C=O) groups is 4. The van der Waals surface area contributed by atoms with Crippen LogP contribution in [0, 0.1) is 11.8 Å². The lowest BCUT2D eigenvalue weighted by molar-refractivity contribution is -0.149. The first-order valence-electron chi connectivity index (χ1n) is 10.8. The third-order valence-electron chi connectivity index (χ3n) is 6.94. The fourth-order valence-corrected chi connectivity index (χ4v) is 5.61. The van der Waals surface area contributed by atoms with Crippen molar-refractivity contribution in [3.63, 3.8) is 0 Å². The average molecular weight is 410 g/mol. The number of likely N-dealkylation sites (tertiary alicyclic amines) is 1. The van der Waals surface area contributed by atoms with E-state index in [-0.39, 0.29) is 30.2 Å². The number of urea groups is 1. The Labute approximate surface area is 175 Å². The van der Waals surface area contributed by atoms with Gasteiger partial charge in [-0.1, -0.05) is 18.2 Å². The molecule has 8 heteroatoms. The molecule has 4 fully saturated rings. The average Bonchev–Trinajstić information content (AvgIpc) is 3.02. The maximum atomic E-state index is 13.0. The number of fused-ring (bicyclic) bond motifs is 4. The second-order valence-electron chi connectivity index (χ2n) is 8.88. The zero-order chi connectivity index (χ0) is 20.8. The third kappa shape index (κ3) is 3.24. The van der Waals surface area contributed by atoms with E-state index in [1.807, 2.05) is 15.9 Å². The van der Waals surface area contributed by atoms with Crippen LogP contribution in [0.1, 0.15) is 32.1 Å². The van der Waals surface area contributed by atoms with E-state index in [2.05, 4.69) is 5.32 Å². The molecule has 0 unspecified atom stereocenters. The third-order valence-corrected chi connectivity index (χ3v) is 6.94. The van der Waals surface area contributed by atoms with Crippen LogP contribution in [0.5, 0.6) is 0 Å². The molecule has 0 aromatic heterocycles. The molecule has 30 heavy (non-hydrogen) atoms. The van der Waals surface area contributed by atoms with Gasteiger partial charge in [-0.15, -0.1) is 0 Å². The second kappa shape index (κ2) is 7.41. The van der Waals surface area contributed by atoms with Crippen molar-refractivity contribution in [2.75, 3.05) is 24.5 Å². The van der Waals surface area contributed by atoms with Crippen molar-refractivity contribution >= 4 is 29.4 Å². The number of hydrogen-bond donors (Lipinski definition) is 1. The van der Waals surface area contributed by atoms with Gasteiger partial charge in [-0.3, -0.25) is 14.4 Å². The van der Waals surface area contributed by atoms with Gasteiger partial charge in [0.05, 0.1) is 12.1 Å². The van der Waals surface area contributed by atoms with Crippen LogP contribution in [-0.4, -0.2) is 65.3 Å². The monoisotopic (exact) mass is 410 g/mol. The summed E-state index contributed by atoms with van der Waals surface area (Å²) in [5.41, 5.74) is 0.504. The standard InChI is InChI=1S/C22H26N4O4/c27-19-8-4-7-18-15-9-14(12-25(18)19)11-24(13-15)20(28)10-17-21(29)26(22(30)23-17)16-5-2-1-3-6-16/h1-3,5-6,14-15,17-18H,4,7-13H2,(H,23,30)/t14-,15+,17+,18+/m1/s1. The number of hydrogen-bond acceptors (Lipinski definition) is 4. The van der Waals surface area contributed by atoms with Gasteiger partial charge in [0.2, 0.25) is 11.8 Å². The molecule has 4 heterocycles. The molecule has 0 spiro atoms. The summed E-state index contributed by atoms with van der Waals surface area (Å²) in [5, 5.41) is 2.66. The highest BCUT2D eigenvalue weighted by Gasteiger charge is 2.46. The number of carbonyl (C=O) groups excluding carboxylic acids is 4. The number of rotatable bonds is 3. The van der Waals surface area contributed by atoms with Crippen LogP contribution >= 0.6 is 0 Å². The highest BCUT2D eigenvalue weighted by molar-refractivity contribution is 6.22. The lowest BCUT2D eigenvalue weighted by atomic mass is 9.76. The smallest absolute Gasteiger partial charge is 0.329 e. The van der Waals surface area contributed by atoms with Crippen LogP contribution < -0.4 is 10.2 Å². The topological polar surface area (TPSA) is 90.0 Å². The molecular weight excluding hydrogens is 384 g/mol. The van der Waals surface area contributed by atoms with Crippen LogP contribution in [-0.2, 0) is 14.4 Å². The molecule has 1 N–H and O–H groups in total. The van der Waals surface area contributed by atoms with Gasteiger partial charge in [0, 0.05) is 32.1 Å². The molecule has 1 aromatic rings. The minimum Gasteiger partial charge on any atom is -0.342 e. The van der Waals surface area contributed by atoms with Crippen molar-refractivity contribution < 1.29 is 19.2 Å². The van der Waals surface area contributed by atoms with Gasteiger partial charge in [0.25, 0.3) is 5.91 Å². The number of nitrogens with zero attached hydrogens (tertiary/aromatic N) is 3. The second-order valence-corrected chi connectivity index (χ2v) is 8.88. The largest absolute Gasteiger partial charge is 0.342 e. The number of anilines is 1. The number of para-hydroxylation sites is 1. The number of benzene rings is 1. The minimum atomic E-state index is -0.834. The van der Waals surface area contributed by atoms with Gasteiger partial charge < -0.3 is 15.1 Å². The summed E-state index contributed by atoms with van der Waals surface area (Å²) >= 11 is 0. The highest BCUT2D eigenvalue weighted by atomic mass is 16.2. The summed E-state index contributed by atoms with van der Waals surface area (Å²) in [6, 6.07) is 7.66. The highest BCUT2D eigenvalue weighted by Crippen LogP contribution is 2.38. The SMILES string of the molecule is O=C(C[C@@H]1NC(=O)N(c2ccccc2)C1=O)N1C[C@H]2C[C@@H](C1)[C@@H]1CCCC(=O)N1C2. The fourth-order valence-electron chi connectivity index (χ4n) is 5.61. The van der Waals surface area contributed by atoms with Crippen LogP contribution in [0.3, 0.4) is 0 Å². The number of amides is 5. The Morgan fingerprint density at radius 3 is 2.67 bits per heavy atom. The van der Waals surface area contributed by atoms with Gasteiger partial charge in [-0.25, -0.2) is 9.69 Å². The molecule has 0 aliphatic carbocycles. The van der Waals surface area contributed by atoms with Gasteiger partial charge in [0.15, 0.2) is 0 Å². The maximum Gasteiger partial charge on any atom is 0.329 e. The van der Waals surface area contributed by atoms with Crippen molar-refractivity contribution in [3.05, 3.63) is 30.3 Å². The molecular formula is C22H26N4O4. The summed E-state index contributed by atoms with van der Waals surface area (Å²) in [4.78, 5) is 55.4. The maximum absolute atomic E-state index is 13.0. The van der Waals surface area contributed by atoms with Crippen molar-refractivity contribution in [2.24, 2.45) is 11.8 Å². The summed E-state index contributed by atoms with van der Waals surface area (Å²) in [6.07, 6.45) is 3.60. The van der Waals surface area contributed by atoms with Crippen molar-refractivity contribution in [1.82, 2.24) is 15.1 Å². The Morgan fingerprint density at radius 1 is 1.07 bits per heavy atom. The normalized spacial score (nSPS) is 30.9. The first kappa shape index (κ1) is 19.1. The zero-order valence-corrected chi connectivity index (χ0v) is 16.8. The molecule has 8 nitrogen and oxygen atoms in total. The first-order valence-corrected chi connectivity index (χ1v) is 10.8. The van der Waals surface area contributed by atoms with Crippen LogP contribution in [0.15, 0.2) is 30.3 Å². The summed E-state index contributed by atoms with van der Waals surface area (Å²) < 4.78 is 0. The van der Waals surface area contributed by atoms with E-state index in [1.54, 1.807) is 24.3 Å². The number of imide groups is 1. The Balaban J connectivity index is 1.25. The predicted octanol–water partition coefficient (Wildman–Crippen LogP) is 1.36. The summed E-state index contributed by atoms with van der Waals surface area (Å²) in [6.45, 7) is 1.97. The van der Waals surface area contributed by atoms with E-state index < -0.39 is 12.1 Å². The number of nitrogens with one attached hydrogen (secondary N) is 1. The zero-order valence-electron chi connectivity index (χ0n) is 16.8. The van der Waals surface area contributed by atoms with Crippen molar-refractivity contribution in [3.8, 4) is 0 Å². The Morgan fingerprint density at radius 2 is 1.87 bits per heavy atom. The Bertz CT molecular complexity index is 888. The lowest BCUT2D eigenvalue weighted by Crippen LogP contribution is -2.61. The molecule has 5 rings (SSSR count). The summed E-state index contributed by atoms with van der Waals surface area (Å²) in [7, 11) is 0. The van der Waals surface area contributed by atoms with E-state index in [4.69, 9.17) is 0 Å². The molecule has 0 saturated carbocycles. The van der Waals surface area contributed by atoms with E-state index in [0.717, 1.165) is 30.7 Å². The molecule has 5 amide bonds. The lowest BCUT2D eigenvalue weighted by Gasteiger charge is -2.52.